The standard InChI is InChI=1S/C16H13FN2O3/c1-21-14-3-2-11(17)8-10(14)9-22-16(20)13-5-7-19-15-12(13)4-6-18-15/h2-8H,9H2,1H3,(H,18,19). The second-order valence-electron chi connectivity index (χ2n) is 4.63. The summed E-state index contributed by atoms with van der Waals surface area (Å²) in [4.78, 5) is 19.3. The first kappa shape index (κ1) is 14.1. The zero-order valence-corrected chi connectivity index (χ0v) is 11.8. The van der Waals surface area contributed by atoms with Gasteiger partial charge in [-0.25, -0.2) is 14.2 Å². The highest BCUT2D eigenvalue weighted by Gasteiger charge is 2.14. The molecule has 0 unspecified atom stereocenters. The molecule has 0 aliphatic heterocycles. The van der Waals surface area contributed by atoms with Crippen LogP contribution >= 0.6 is 0 Å². The molecule has 22 heavy (non-hydrogen) atoms. The van der Waals surface area contributed by atoms with Crippen molar-refractivity contribution in [2.75, 3.05) is 7.11 Å². The van der Waals surface area contributed by atoms with E-state index in [4.69, 9.17) is 9.47 Å². The number of rotatable bonds is 4. The lowest BCUT2D eigenvalue weighted by Gasteiger charge is -2.10. The van der Waals surface area contributed by atoms with Crippen molar-refractivity contribution in [2.45, 2.75) is 6.61 Å². The average Bonchev–Trinajstić information content (AvgIpc) is 3.01. The highest BCUT2D eigenvalue weighted by Crippen LogP contribution is 2.22. The van der Waals surface area contributed by atoms with Crippen LogP contribution in [0.4, 0.5) is 4.39 Å². The molecule has 0 amide bonds. The third-order valence-corrected chi connectivity index (χ3v) is 3.28. The molecule has 1 N–H and O–H groups in total. The van der Waals surface area contributed by atoms with Gasteiger partial charge in [-0.05, 0) is 30.3 Å². The van der Waals surface area contributed by atoms with Crippen molar-refractivity contribution >= 4 is 17.0 Å². The number of nitrogens with one attached hydrogen (secondary N) is 1. The minimum atomic E-state index is -0.502. The summed E-state index contributed by atoms with van der Waals surface area (Å²) in [6.07, 6.45) is 3.22. The quantitative estimate of drug-likeness (QED) is 0.752. The van der Waals surface area contributed by atoms with Gasteiger partial charge in [0.15, 0.2) is 0 Å². The number of pyridine rings is 1. The minimum Gasteiger partial charge on any atom is -0.496 e. The van der Waals surface area contributed by atoms with Crippen LogP contribution in [0.15, 0.2) is 42.7 Å². The van der Waals surface area contributed by atoms with Crippen LogP contribution in [0.5, 0.6) is 5.75 Å². The molecule has 112 valence electrons. The third-order valence-electron chi connectivity index (χ3n) is 3.28. The molecule has 0 fully saturated rings. The van der Waals surface area contributed by atoms with Gasteiger partial charge in [-0.2, -0.15) is 0 Å². The maximum absolute atomic E-state index is 13.3. The topological polar surface area (TPSA) is 64.2 Å². The molecule has 2 heterocycles. The van der Waals surface area contributed by atoms with E-state index in [0.29, 0.717) is 27.9 Å². The van der Waals surface area contributed by atoms with Crippen molar-refractivity contribution in [3.05, 3.63) is 59.7 Å². The van der Waals surface area contributed by atoms with Crippen LogP contribution in [0.25, 0.3) is 11.0 Å². The predicted octanol–water partition coefficient (Wildman–Crippen LogP) is 3.07. The van der Waals surface area contributed by atoms with E-state index < -0.39 is 11.8 Å². The summed E-state index contributed by atoms with van der Waals surface area (Å²) in [5.74, 6) is -0.446. The Balaban J connectivity index is 1.81. The predicted molar refractivity (Wildman–Crippen MR) is 78.2 cm³/mol. The van der Waals surface area contributed by atoms with Gasteiger partial charge in [0.1, 0.15) is 23.8 Å². The number of methoxy groups -OCH3 is 1. The Morgan fingerprint density at radius 2 is 2.18 bits per heavy atom. The van der Waals surface area contributed by atoms with Crippen LogP contribution in [-0.2, 0) is 11.3 Å². The first-order chi connectivity index (χ1) is 10.7. The molecule has 6 heteroatoms. The molecule has 1 aromatic carbocycles. The average molecular weight is 300 g/mol. The largest absolute Gasteiger partial charge is 0.496 e. The lowest BCUT2D eigenvalue weighted by atomic mass is 10.2. The summed E-state index contributed by atoms with van der Waals surface area (Å²) in [5, 5.41) is 0.679. The van der Waals surface area contributed by atoms with Crippen LogP contribution in [0.3, 0.4) is 0 Å². The summed E-state index contributed by atoms with van der Waals surface area (Å²) in [5.41, 5.74) is 1.48. The Bertz CT molecular complexity index is 829. The molecule has 2 aromatic heterocycles. The van der Waals surface area contributed by atoms with Gasteiger partial charge in [-0.1, -0.05) is 0 Å². The van der Waals surface area contributed by atoms with E-state index >= 15 is 0 Å². The molecular formula is C16H13FN2O3. The second kappa shape index (κ2) is 5.85. The first-order valence-corrected chi connectivity index (χ1v) is 6.60. The lowest BCUT2D eigenvalue weighted by Crippen LogP contribution is -2.07. The van der Waals surface area contributed by atoms with Crippen molar-refractivity contribution in [1.29, 1.82) is 0 Å². The number of H-pyrrole nitrogens is 1. The number of ether oxygens (including phenoxy) is 2. The van der Waals surface area contributed by atoms with E-state index in [0.717, 1.165) is 0 Å². The highest BCUT2D eigenvalue weighted by atomic mass is 19.1. The van der Waals surface area contributed by atoms with Gasteiger partial charge in [0.25, 0.3) is 0 Å². The van der Waals surface area contributed by atoms with Crippen molar-refractivity contribution in [3.63, 3.8) is 0 Å². The van der Waals surface area contributed by atoms with E-state index in [1.165, 1.54) is 31.5 Å². The molecule has 3 rings (SSSR count). The molecule has 0 bridgehead atoms. The summed E-state index contributed by atoms with van der Waals surface area (Å²) in [6.45, 7) is -0.0754. The van der Waals surface area contributed by atoms with Crippen LogP contribution < -0.4 is 4.74 Å². The van der Waals surface area contributed by atoms with E-state index in [9.17, 15) is 9.18 Å². The Morgan fingerprint density at radius 3 is 3.00 bits per heavy atom. The summed E-state index contributed by atoms with van der Waals surface area (Å²) in [7, 11) is 1.48. The zero-order valence-electron chi connectivity index (χ0n) is 11.8. The van der Waals surface area contributed by atoms with Gasteiger partial charge in [0.2, 0.25) is 0 Å². The summed E-state index contributed by atoms with van der Waals surface area (Å²) >= 11 is 0. The van der Waals surface area contributed by atoms with Crippen LogP contribution in [-0.4, -0.2) is 23.0 Å². The van der Waals surface area contributed by atoms with Crippen LogP contribution in [0.1, 0.15) is 15.9 Å². The molecule has 3 aromatic rings. The maximum Gasteiger partial charge on any atom is 0.339 e. The van der Waals surface area contributed by atoms with Gasteiger partial charge in [-0.3, -0.25) is 0 Å². The van der Waals surface area contributed by atoms with Crippen LogP contribution in [0.2, 0.25) is 0 Å². The molecule has 5 nitrogen and oxygen atoms in total. The number of carbonyl (C=O) groups is 1. The number of aromatic nitrogens is 2. The summed E-state index contributed by atoms with van der Waals surface area (Å²) in [6, 6.07) is 7.40. The van der Waals surface area contributed by atoms with Gasteiger partial charge in [0, 0.05) is 23.3 Å². The van der Waals surface area contributed by atoms with Crippen molar-refractivity contribution in [2.24, 2.45) is 0 Å². The number of hydrogen-bond acceptors (Lipinski definition) is 4. The smallest absolute Gasteiger partial charge is 0.339 e. The van der Waals surface area contributed by atoms with E-state index in [2.05, 4.69) is 9.97 Å². The Labute approximate surface area is 125 Å². The van der Waals surface area contributed by atoms with E-state index in [1.807, 2.05) is 0 Å². The number of esters is 1. The highest BCUT2D eigenvalue weighted by molar-refractivity contribution is 6.02. The number of nitrogens with zero attached hydrogens (tertiary/aromatic N) is 1. The van der Waals surface area contributed by atoms with Crippen molar-refractivity contribution < 1.29 is 18.7 Å². The Morgan fingerprint density at radius 1 is 1.32 bits per heavy atom. The molecule has 0 atom stereocenters. The number of aromatic amines is 1. The third kappa shape index (κ3) is 2.63. The van der Waals surface area contributed by atoms with Gasteiger partial charge >= 0.3 is 5.97 Å². The molecular weight excluding hydrogens is 287 g/mol. The molecule has 0 aliphatic carbocycles. The number of benzene rings is 1. The molecule has 0 saturated heterocycles. The monoisotopic (exact) mass is 300 g/mol. The normalized spacial score (nSPS) is 10.6. The minimum absolute atomic E-state index is 0.0754. The molecule has 0 aliphatic rings. The SMILES string of the molecule is COc1ccc(F)cc1COC(=O)c1ccnc2[nH]ccc12. The van der Waals surface area contributed by atoms with Gasteiger partial charge < -0.3 is 14.5 Å². The van der Waals surface area contributed by atoms with Crippen molar-refractivity contribution in [1.82, 2.24) is 9.97 Å². The Hall–Kier alpha value is -2.89. The zero-order chi connectivity index (χ0) is 15.5. The molecule has 0 radical (unpaired) electrons. The number of carbonyl (C=O) groups excluding carboxylic acids is 1. The molecule has 0 spiro atoms. The van der Waals surface area contributed by atoms with E-state index in [1.54, 1.807) is 18.3 Å². The fourth-order valence-corrected chi connectivity index (χ4v) is 2.22. The molecule has 0 saturated carbocycles. The van der Waals surface area contributed by atoms with Crippen molar-refractivity contribution in [3.8, 4) is 5.75 Å². The second-order valence-corrected chi connectivity index (χ2v) is 4.63. The number of halogens is 1. The number of fused-ring (bicyclic) bond motifs is 1. The van der Waals surface area contributed by atoms with E-state index in [-0.39, 0.29) is 6.61 Å². The fourth-order valence-electron chi connectivity index (χ4n) is 2.22. The van der Waals surface area contributed by atoms with Crippen LogP contribution in [0, 0.1) is 5.82 Å². The van der Waals surface area contributed by atoms with Gasteiger partial charge in [0.05, 0.1) is 12.7 Å². The first-order valence-electron chi connectivity index (χ1n) is 6.60. The van der Waals surface area contributed by atoms with Gasteiger partial charge in [-0.15, -0.1) is 0 Å². The number of hydrogen-bond donors (Lipinski definition) is 1. The fraction of sp³-hybridized carbons (Fsp3) is 0.125. The summed E-state index contributed by atoms with van der Waals surface area (Å²) < 4.78 is 23.7. The maximum atomic E-state index is 13.3. The lowest BCUT2D eigenvalue weighted by molar-refractivity contribution is 0.0472. The Kier molecular flexibility index (Phi) is 3.74.